The van der Waals surface area contributed by atoms with Crippen LogP contribution in [0.5, 0.6) is 0 Å². The zero-order valence-electron chi connectivity index (χ0n) is 24.0. The smallest absolute Gasteiger partial charge is 0.244 e. The molecule has 2 N–H and O–H groups in total. The lowest BCUT2D eigenvalue weighted by Gasteiger charge is -2.14. The first kappa shape index (κ1) is 35.8. The van der Waals surface area contributed by atoms with Gasteiger partial charge >= 0.3 is 0 Å². The maximum Gasteiger partial charge on any atom is 0.244 e. The molecule has 0 spiro atoms. The summed E-state index contributed by atoms with van der Waals surface area (Å²) in [5.41, 5.74) is 0. The largest absolute Gasteiger partial charge is 0.273 e. The molecule has 0 aliphatic rings. The van der Waals surface area contributed by atoms with Crippen molar-refractivity contribution in [3.8, 4) is 0 Å². The summed E-state index contributed by atoms with van der Waals surface area (Å²) in [6.07, 6.45) is 27.6. The molecule has 4 nitrogen and oxygen atoms in total. The second-order valence-corrected chi connectivity index (χ2v) is 12.7. The molecule has 0 aliphatic carbocycles. The first-order valence-corrected chi connectivity index (χ1v) is 17.7. The summed E-state index contributed by atoms with van der Waals surface area (Å²) in [7, 11) is 0. The summed E-state index contributed by atoms with van der Waals surface area (Å²) in [6.45, 7) is 4.53. The van der Waals surface area contributed by atoms with Crippen LogP contribution in [-0.4, -0.2) is 39.8 Å². The molecular weight excluding hydrogens is 484 g/mol. The van der Waals surface area contributed by atoms with Gasteiger partial charge in [-0.2, -0.15) is 23.5 Å². The van der Waals surface area contributed by atoms with E-state index in [0.29, 0.717) is 12.8 Å². The Morgan fingerprint density at radius 2 is 0.750 bits per heavy atom. The van der Waals surface area contributed by atoms with E-state index in [4.69, 9.17) is 5.84 Å². The third-order valence-electron chi connectivity index (χ3n) is 6.74. The summed E-state index contributed by atoms with van der Waals surface area (Å²) in [5.74, 6) is 8.99. The lowest BCUT2D eigenvalue weighted by Crippen LogP contribution is -2.42. The van der Waals surface area contributed by atoms with Gasteiger partial charge in [-0.1, -0.05) is 129 Å². The van der Waals surface area contributed by atoms with E-state index >= 15 is 0 Å². The highest BCUT2D eigenvalue weighted by Gasteiger charge is 2.16. The quantitative estimate of drug-likeness (QED) is 0.0460. The molecule has 0 fully saturated rings. The van der Waals surface area contributed by atoms with E-state index < -0.39 is 0 Å². The van der Waals surface area contributed by atoms with Gasteiger partial charge in [0.05, 0.1) is 0 Å². The van der Waals surface area contributed by atoms with Crippen LogP contribution in [0.25, 0.3) is 0 Å². The average molecular weight is 545 g/mol. The molecule has 0 saturated heterocycles. The minimum Gasteiger partial charge on any atom is -0.273 e. The topological polar surface area (TPSA) is 63.4 Å². The number of hydrogen-bond acceptors (Lipinski definition) is 5. The fourth-order valence-corrected chi connectivity index (χ4v) is 6.15. The number of amides is 2. The van der Waals surface area contributed by atoms with Crippen molar-refractivity contribution in [1.82, 2.24) is 5.01 Å². The molecule has 2 amide bonds. The Bertz CT molecular complexity index is 450. The maximum atomic E-state index is 12.2. The zero-order chi connectivity index (χ0) is 26.5. The highest BCUT2D eigenvalue weighted by Crippen LogP contribution is 2.15. The number of unbranched alkanes of at least 4 members (excludes halogenated alkanes) is 18. The number of hydrazine groups is 1. The standard InChI is InChI=1S/C30H60N2O2S2/c1-3-5-7-9-11-13-15-17-19-21-25-35-27-23-29(33)32(31)30(34)24-28-36-26-22-20-18-16-14-12-10-8-6-4-2/h3-28,31H2,1-2H3. The fraction of sp³-hybridized carbons (Fsp3) is 0.933. The summed E-state index contributed by atoms with van der Waals surface area (Å²) in [6, 6.07) is 0. The molecule has 0 heterocycles. The molecule has 0 unspecified atom stereocenters. The summed E-state index contributed by atoms with van der Waals surface area (Å²) in [4.78, 5) is 24.4. The summed E-state index contributed by atoms with van der Waals surface area (Å²) in [5, 5.41) is 0.863. The van der Waals surface area contributed by atoms with E-state index in [1.165, 1.54) is 128 Å². The van der Waals surface area contributed by atoms with Crippen LogP contribution >= 0.6 is 23.5 Å². The van der Waals surface area contributed by atoms with Crippen molar-refractivity contribution in [1.29, 1.82) is 0 Å². The van der Waals surface area contributed by atoms with Crippen LogP contribution in [-0.2, 0) is 9.59 Å². The van der Waals surface area contributed by atoms with Gasteiger partial charge in [0.25, 0.3) is 0 Å². The fourth-order valence-electron chi connectivity index (χ4n) is 4.29. The lowest BCUT2D eigenvalue weighted by atomic mass is 10.1. The van der Waals surface area contributed by atoms with Crippen molar-refractivity contribution >= 4 is 35.3 Å². The van der Waals surface area contributed by atoms with Crippen LogP contribution in [0.2, 0.25) is 0 Å². The summed E-state index contributed by atoms with van der Waals surface area (Å²) < 4.78 is 0. The van der Waals surface area contributed by atoms with Gasteiger partial charge in [-0.05, 0) is 24.3 Å². The van der Waals surface area contributed by atoms with Gasteiger partial charge in [0.1, 0.15) is 0 Å². The van der Waals surface area contributed by atoms with Gasteiger partial charge in [0.2, 0.25) is 11.8 Å². The molecule has 214 valence electrons. The van der Waals surface area contributed by atoms with Crippen LogP contribution in [0.1, 0.15) is 155 Å². The normalized spacial score (nSPS) is 11.2. The third-order valence-corrected chi connectivity index (χ3v) is 8.88. The number of nitrogens with two attached hydrogens (primary N) is 1. The number of rotatable bonds is 28. The number of imide groups is 1. The highest BCUT2D eigenvalue weighted by atomic mass is 32.2. The van der Waals surface area contributed by atoms with Gasteiger partial charge < -0.3 is 0 Å². The Kier molecular flexibility index (Phi) is 29.2. The Morgan fingerprint density at radius 1 is 0.472 bits per heavy atom. The van der Waals surface area contributed by atoms with E-state index in [-0.39, 0.29) is 11.8 Å². The Labute approximate surface area is 233 Å². The van der Waals surface area contributed by atoms with E-state index in [2.05, 4.69) is 13.8 Å². The van der Waals surface area contributed by atoms with Gasteiger partial charge in [-0.15, -0.1) is 0 Å². The van der Waals surface area contributed by atoms with Crippen molar-refractivity contribution in [2.45, 2.75) is 155 Å². The molecule has 0 aromatic rings. The lowest BCUT2D eigenvalue weighted by molar-refractivity contribution is -0.144. The minimum absolute atomic E-state index is 0.240. The molecule has 0 aromatic heterocycles. The van der Waals surface area contributed by atoms with Crippen LogP contribution in [0, 0.1) is 0 Å². The third kappa shape index (κ3) is 25.4. The number of thioether (sulfide) groups is 2. The van der Waals surface area contributed by atoms with E-state index in [0.717, 1.165) is 28.0 Å². The van der Waals surface area contributed by atoms with E-state index in [1.54, 1.807) is 0 Å². The van der Waals surface area contributed by atoms with Crippen LogP contribution in [0.3, 0.4) is 0 Å². The molecule has 0 radical (unpaired) electrons. The van der Waals surface area contributed by atoms with Gasteiger partial charge in [0, 0.05) is 24.3 Å². The second-order valence-electron chi connectivity index (χ2n) is 10.2. The average Bonchev–Trinajstić information content (AvgIpc) is 2.88. The number of nitrogens with zero attached hydrogens (tertiary/aromatic N) is 1. The minimum atomic E-state index is -0.240. The molecular formula is C30H60N2O2S2. The monoisotopic (exact) mass is 544 g/mol. The molecule has 36 heavy (non-hydrogen) atoms. The molecule has 0 bridgehead atoms. The van der Waals surface area contributed by atoms with Crippen LogP contribution < -0.4 is 5.84 Å². The van der Waals surface area contributed by atoms with Crippen LogP contribution in [0.4, 0.5) is 0 Å². The molecule has 0 aromatic carbocycles. The Hall–Kier alpha value is -0.200. The van der Waals surface area contributed by atoms with Crippen molar-refractivity contribution in [2.75, 3.05) is 23.0 Å². The molecule has 0 saturated carbocycles. The maximum absolute atomic E-state index is 12.2. The summed E-state index contributed by atoms with van der Waals surface area (Å²) >= 11 is 3.62. The Balaban J connectivity index is 3.44. The SMILES string of the molecule is CCCCCCCCCCCCSCCC(=O)N(N)C(=O)CCSCCCCCCCCCCCC. The molecule has 6 heteroatoms. The highest BCUT2D eigenvalue weighted by molar-refractivity contribution is 7.99. The van der Waals surface area contributed by atoms with Crippen molar-refractivity contribution in [3.63, 3.8) is 0 Å². The van der Waals surface area contributed by atoms with Crippen LogP contribution in [0.15, 0.2) is 0 Å². The van der Waals surface area contributed by atoms with E-state index in [1.807, 2.05) is 23.5 Å². The molecule has 0 aliphatic heterocycles. The number of carbonyl (C=O) groups is 2. The molecule has 0 atom stereocenters. The predicted octanol–water partition coefficient (Wildman–Crippen LogP) is 9.30. The zero-order valence-corrected chi connectivity index (χ0v) is 25.7. The second kappa shape index (κ2) is 29.4. The van der Waals surface area contributed by atoms with Gasteiger partial charge in [-0.25, -0.2) is 10.9 Å². The predicted molar refractivity (Wildman–Crippen MR) is 164 cm³/mol. The van der Waals surface area contributed by atoms with Crippen molar-refractivity contribution in [3.05, 3.63) is 0 Å². The number of carbonyl (C=O) groups excluding carboxylic acids is 2. The number of hydrogen-bond donors (Lipinski definition) is 1. The van der Waals surface area contributed by atoms with Crippen molar-refractivity contribution < 1.29 is 9.59 Å². The first-order chi connectivity index (χ1) is 17.6. The van der Waals surface area contributed by atoms with Gasteiger partial charge in [-0.3, -0.25) is 9.59 Å². The van der Waals surface area contributed by atoms with E-state index in [9.17, 15) is 9.59 Å². The Morgan fingerprint density at radius 3 is 1.06 bits per heavy atom. The molecule has 0 rings (SSSR count). The van der Waals surface area contributed by atoms with Gasteiger partial charge in [0.15, 0.2) is 0 Å². The van der Waals surface area contributed by atoms with Crippen molar-refractivity contribution in [2.24, 2.45) is 5.84 Å². The first-order valence-electron chi connectivity index (χ1n) is 15.4.